The Labute approximate surface area is 232 Å². The highest BCUT2D eigenvalue weighted by Crippen LogP contribution is 2.29. The number of aliphatic hydroxyl groups excluding tert-OH is 1. The molecule has 0 saturated carbocycles. The van der Waals surface area contributed by atoms with E-state index in [9.17, 15) is 14.7 Å². The number of benzene rings is 3. The Hall–Kier alpha value is -3.75. The van der Waals surface area contributed by atoms with Crippen molar-refractivity contribution < 1.29 is 28.9 Å². The lowest BCUT2D eigenvalue weighted by Crippen LogP contribution is -2.47. The van der Waals surface area contributed by atoms with Crippen LogP contribution >= 0.6 is 11.6 Å². The first kappa shape index (κ1) is 28.3. The van der Waals surface area contributed by atoms with Crippen molar-refractivity contribution in [3.8, 4) is 0 Å². The number of amides is 1. The second kappa shape index (κ2) is 13.9. The first-order valence-electron chi connectivity index (χ1n) is 12.5. The maximum Gasteiger partial charge on any atom is 0.259 e. The van der Waals surface area contributed by atoms with Crippen molar-refractivity contribution in [1.82, 2.24) is 0 Å². The molecule has 0 fully saturated rings. The average molecular weight is 548 g/mol. The van der Waals surface area contributed by atoms with Gasteiger partial charge in [-0.15, -0.1) is 0 Å². The molecule has 3 aromatic rings. The molecular formula is C31H30ClNO6. The summed E-state index contributed by atoms with van der Waals surface area (Å²) in [7, 11) is 0. The van der Waals surface area contributed by atoms with Crippen molar-refractivity contribution in [1.29, 1.82) is 0 Å². The first-order chi connectivity index (χ1) is 18.9. The van der Waals surface area contributed by atoms with E-state index >= 15 is 0 Å². The Morgan fingerprint density at radius 1 is 0.923 bits per heavy atom. The third kappa shape index (κ3) is 7.88. The van der Waals surface area contributed by atoms with Crippen LogP contribution in [-0.2, 0) is 37.0 Å². The molecular weight excluding hydrogens is 518 g/mol. The van der Waals surface area contributed by atoms with Gasteiger partial charge in [0.15, 0.2) is 5.78 Å². The smallest absolute Gasteiger partial charge is 0.259 e. The van der Waals surface area contributed by atoms with Gasteiger partial charge in [-0.1, -0.05) is 72.3 Å². The van der Waals surface area contributed by atoms with E-state index in [1.807, 2.05) is 60.7 Å². The molecule has 1 aliphatic heterocycles. The van der Waals surface area contributed by atoms with Gasteiger partial charge in [-0.25, -0.2) is 0 Å². The van der Waals surface area contributed by atoms with Crippen LogP contribution in [-0.4, -0.2) is 41.7 Å². The van der Waals surface area contributed by atoms with Crippen LogP contribution in [0.3, 0.4) is 0 Å². The third-order valence-corrected chi connectivity index (χ3v) is 6.40. The number of ether oxygens (including phenoxy) is 3. The van der Waals surface area contributed by atoms with Gasteiger partial charge in [-0.3, -0.25) is 9.59 Å². The lowest BCUT2D eigenvalue weighted by atomic mass is 9.95. The number of halogens is 1. The summed E-state index contributed by atoms with van der Waals surface area (Å²) >= 11 is 5.94. The number of hydrogen-bond acceptors (Lipinski definition) is 6. The number of Topliss-reactive ketones (excluding diaryl/α,β-unsaturated/α-hetero) is 1. The summed E-state index contributed by atoms with van der Waals surface area (Å²) in [5.41, 5.74) is 2.71. The zero-order valence-electron chi connectivity index (χ0n) is 21.5. The third-order valence-electron chi connectivity index (χ3n) is 6.15. The largest absolute Gasteiger partial charge is 0.492 e. The van der Waals surface area contributed by atoms with Gasteiger partial charge >= 0.3 is 0 Å². The minimum absolute atomic E-state index is 0.0858. The van der Waals surface area contributed by atoms with Crippen LogP contribution in [0.1, 0.15) is 18.1 Å². The number of carbonyl (C=O) groups excluding carboxylic acids is 2. The minimum atomic E-state index is -0.738. The van der Waals surface area contributed by atoms with Crippen LogP contribution in [0, 0.1) is 0 Å². The molecule has 3 aromatic carbocycles. The van der Waals surface area contributed by atoms with Crippen LogP contribution in [0.5, 0.6) is 0 Å². The highest BCUT2D eigenvalue weighted by Gasteiger charge is 2.38. The molecule has 1 aliphatic rings. The molecule has 0 unspecified atom stereocenters. The van der Waals surface area contributed by atoms with Gasteiger partial charge in [0, 0.05) is 16.3 Å². The maximum absolute atomic E-state index is 13.1. The predicted molar refractivity (Wildman–Crippen MR) is 149 cm³/mol. The van der Waals surface area contributed by atoms with Crippen molar-refractivity contribution >= 4 is 29.0 Å². The summed E-state index contributed by atoms with van der Waals surface area (Å²) in [6, 6.07) is 25.8. The standard InChI is InChI=1S/C31H30ClNO6/c1-21(35)27(31(36)33-26-14-12-25(32)13-15-26)16-24-20-37-28(17-34)30(39-19-23-10-6-3-7-11-23)29(24)38-18-22-8-4-2-5-9-22/h2-16,20,28-30,34H,17-19H2,1H3,(H,33,36)/b27-16+/t28-,29+,30-/m0/s1. The topological polar surface area (TPSA) is 94.1 Å². The van der Waals surface area contributed by atoms with E-state index in [2.05, 4.69) is 5.32 Å². The van der Waals surface area contributed by atoms with Gasteiger partial charge in [0.05, 0.1) is 31.7 Å². The van der Waals surface area contributed by atoms with E-state index in [0.29, 0.717) is 16.3 Å². The van der Waals surface area contributed by atoms with Crippen molar-refractivity contribution in [3.63, 3.8) is 0 Å². The number of nitrogens with one attached hydrogen (secondary N) is 1. The fourth-order valence-corrected chi connectivity index (χ4v) is 4.22. The first-order valence-corrected chi connectivity index (χ1v) is 12.9. The van der Waals surface area contributed by atoms with Crippen LogP contribution in [0.4, 0.5) is 5.69 Å². The molecule has 202 valence electrons. The maximum atomic E-state index is 13.1. The highest BCUT2D eigenvalue weighted by molar-refractivity contribution is 6.30. The molecule has 0 aliphatic carbocycles. The fraction of sp³-hybridized carbons (Fsp3) is 0.226. The lowest BCUT2D eigenvalue weighted by Gasteiger charge is -2.36. The number of aliphatic hydroxyl groups is 1. The monoisotopic (exact) mass is 547 g/mol. The summed E-state index contributed by atoms with van der Waals surface area (Å²) in [5, 5.41) is 13.3. The number of hydrogen-bond donors (Lipinski definition) is 2. The molecule has 7 nitrogen and oxygen atoms in total. The number of carbonyl (C=O) groups is 2. The summed E-state index contributed by atoms with van der Waals surface area (Å²) in [4.78, 5) is 25.7. The van der Waals surface area contributed by atoms with E-state index < -0.39 is 30.0 Å². The number of anilines is 1. The molecule has 1 amide bonds. The molecule has 0 aromatic heterocycles. The molecule has 0 bridgehead atoms. The van der Waals surface area contributed by atoms with Crippen molar-refractivity contribution in [2.45, 2.75) is 38.4 Å². The Morgan fingerprint density at radius 2 is 1.51 bits per heavy atom. The number of rotatable bonds is 11. The summed E-state index contributed by atoms with van der Waals surface area (Å²) < 4.78 is 18.4. The van der Waals surface area contributed by atoms with E-state index in [-0.39, 0.29) is 25.4 Å². The molecule has 8 heteroatoms. The highest BCUT2D eigenvalue weighted by atomic mass is 35.5. The zero-order valence-corrected chi connectivity index (χ0v) is 22.2. The van der Waals surface area contributed by atoms with Crippen molar-refractivity contribution in [2.24, 2.45) is 0 Å². The van der Waals surface area contributed by atoms with Crippen LogP contribution in [0.25, 0.3) is 0 Å². The Morgan fingerprint density at radius 3 is 2.08 bits per heavy atom. The molecule has 3 atom stereocenters. The molecule has 0 radical (unpaired) electrons. The Bertz CT molecular complexity index is 1310. The molecule has 4 rings (SSSR count). The van der Waals surface area contributed by atoms with Crippen molar-refractivity contribution in [2.75, 3.05) is 11.9 Å². The molecule has 0 saturated heterocycles. The molecule has 2 N–H and O–H groups in total. The Kier molecular flexibility index (Phi) is 10.1. The van der Waals surface area contributed by atoms with Crippen LogP contribution in [0.15, 0.2) is 108 Å². The van der Waals surface area contributed by atoms with Crippen LogP contribution in [0.2, 0.25) is 5.02 Å². The quantitative estimate of drug-likeness (QED) is 0.194. The summed E-state index contributed by atoms with van der Waals surface area (Å²) in [6.07, 6.45) is 0.697. The molecule has 0 spiro atoms. The van der Waals surface area contributed by atoms with Crippen LogP contribution < -0.4 is 5.32 Å². The second-order valence-electron chi connectivity index (χ2n) is 9.03. The predicted octanol–water partition coefficient (Wildman–Crippen LogP) is 5.24. The van der Waals surface area contributed by atoms with E-state index in [1.165, 1.54) is 19.3 Å². The van der Waals surface area contributed by atoms with E-state index in [0.717, 1.165) is 11.1 Å². The van der Waals surface area contributed by atoms with E-state index in [1.54, 1.807) is 24.3 Å². The number of ketones is 1. The lowest BCUT2D eigenvalue weighted by molar-refractivity contribution is -0.143. The second-order valence-corrected chi connectivity index (χ2v) is 9.47. The average Bonchev–Trinajstić information content (AvgIpc) is 2.96. The summed E-state index contributed by atoms with van der Waals surface area (Å²) in [5.74, 6) is -1.02. The van der Waals surface area contributed by atoms with Gasteiger partial charge in [0.25, 0.3) is 5.91 Å². The molecule has 1 heterocycles. The van der Waals surface area contributed by atoms with Gasteiger partial charge in [0.2, 0.25) is 0 Å². The van der Waals surface area contributed by atoms with Gasteiger partial charge in [0.1, 0.15) is 18.3 Å². The summed E-state index contributed by atoms with van der Waals surface area (Å²) in [6.45, 7) is 1.50. The molecule has 39 heavy (non-hydrogen) atoms. The zero-order chi connectivity index (χ0) is 27.6. The van der Waals surface area contributed by atoms with Gasteiger partial charge in [-0.2, -0.15) is 0 Å². The fourth-order valence-electron chi connectivity index (χ4n) is 4.10. The Balaban J connectivity index is 1.63. The normalized spacial score (nSPS) is 19.1. The minimum Gasteiger partial charge on any atom is -0.492 e. The van der Waals surface area contributed by atoms with Gasteiger partial charge in [-0.05, 0) is 48.4 Å². The van der Waals surface area contributed by atoms with Gasteiger partial charge < -0.3 is 24.6 Å². The SMILES string of the molecule is CC(=O)/C(=C\C1=CO[C@@H](CO)[C@H](OCc2ccccc2)[C@@H]1OCc1ccccc1)C(=O)Nc1ccc(Cl)cc1. The van der Waals surface area contributed by atoms with E-state index in [4.69, 9.17) is 25.8 Å². The van der Waals surface area contributed by atoms with Crippen molar-refractivity contribution in [3.05, 3.63) is 125 Å².